The molecule has 1 N–H and O–H groups in total. The molecule has 37 heavy (non-hydrogen) atoms. The Labute approximate surface area is 210 Å². The Kier molecular flexibility index (Phi) is 9.34. The van der Waals surface area contributed by atoms with Gasteiger partial charge < -0.3 is 9.64 Å². The summed E-state index contributed by atoms with van der Waals surface area (Å²) in [6, 6.07) is 19.8. The van der Waals surface area contributed by atoms with Gasteiger partial charge in [-0.3, -0.25) is 10.1 Å². The Morgan fingerprint density at radius 3 is 1.76 bits per heavy atom. The zero-order valence-electron chi connectivity index (χ0n) is 19.9. The predicted octanol–water partition coefficient (Wildman–Crippen LogP) is 6.08. The van der Waals surface area contributed by atoms with Gasteiger partial charge in [0.15, 0.2) is 0 Å². The molecule has 4 nitrogen and oxygen atoms in total. The average Bonchev–Trinajstić information content (AvgIpc) is 2.87. The zero-order valence-corrected chi connectivity index (χ0v) is 19.9. The standard InChI is InChI=1S/C27H26F6N2O2/c1-35(18-36)17-34-24(25(20-8-4-2-5-9-20)21-10-6-3-7-11-21)16-37-15-19-12-22(26(28,29)30)14-23(13-19)27(31,32)33/h2-14,18,24-25,34H,15-17H2,1H3. The number of carbonyl (C=O) groups excluding carboxylic acids is 1. The molecule has 0 saturated heterocycles. The van der Waals surface area contributed by atoms with Gasteiger partial charge in [0, 0.05) is 19.0 Å². The molecule has 1 unspecified atom stereocenters. The van der Waals surface area contributed by atoms with E-state index in [0.29, 0.717) is 18.5 Å². The highest BCUT2D eigenvalue weighted by Gasteiger charge is 2.37. The van der Waals surface area contributed by atoms with E-state index in [9.17, 15) is 31.1 Å². The van der Waals surface area contributed by atoms with E-state index in [2.05, 4.69) is 5.32 Å². The highest BCUT2D eigenvalue weighted by Crippen LogP contribution is 2.36. The Morgan fingerprint density at radius 1 is 0.838 bits per heavy atom. The second-order valence-corrected chi connectivity index (χ2v) is 8.56. The quantitative estimate of drug-likeness (QED) is 0.188. The molecule has 3 aromatic carbocycles. The maximum atomic E-state index is 13.2. The molecule has 0 heterocycles. The Balaban J connectivity index is 1.88. The van der Waals surface area contributed by atoms with Gasteiger partial charge in [-0.15, -0.1) is 0 Å². The third-order valence-electron chi connectivity index (χ3n) is 5.72. The number of benzene rings is 3. The molecule has 1 amide bonds. The lowest BCUT2D eigenvalue weighted by Gasteiger charge is -2.30. The Hall–Kier alpha value is -3.37. The maximum Gasteiger partial charge on any atom is 0.416 e. The van der Waals surface area contributed by atoms with Gasteiger partial charge in [-0.25, -0.2) is 0 Å². The van der Waals surface area contributed by atoms with E-state index >= 15 is 0 Å². The minimum absolute atomic E-state index is 0.0568. The first-order valence-electron chi connectivity index (χ1n) is 11.3. The van der Waals surface area contributed by atoms with E-state index in [4.69, 9.17) is 4.74 Å². The van der Waals surface area contributed by atoms with E-state index in [0.717, 1.165) is 11.1 Å². The average molecular weight is 525 g/mol. The summed E-state index contributed by atoms with van der Waals surface area (Å²) in [6.07, 6.45) is -9.25. The van der Waals surface area contributed by atoms with Crippen LogP contribution in [0.15, 0.2) is 78.9 Å². The van der Waals surface area contributed by atoms with Crippen molar-refractivity contribution in [3.63, 3.8) is 0 Å². The highest BCUT2D eigenvalue weighted by atomic mass is 19.4. The fraction of sp³-hybridized carbons (Fsp3) is 0.296. The number of halogens is 6. The van der Waals surface area contributed by atoms with Crippen LogP contribution < -0.4 is 5.32 Å². The van der Waals surface area contributed by atoms with Gasteiger partial charge in [-0.1, -0.05) is 60.7 Å². The number of alkyl halides is 6. The number of ether oxygens (including phenoxy) is 1. The summed E-state index contributed by atoms with van der Waals surface area (Å²) in [5, 5.41) is 3.23. The molecule has 3 aromatic rings. The normalized spacial score (nSPS) is 13.0. The van der Waals surface area contributed by atoms with Gasteiger partial charge in [-0.2, -0.15) is 26.3 Å². The van der Waals surface area contributed by atoms with Gasteiger partial charge in [0.1, 0.15) is 0 Å². The van der Waals surface area contributed by atoms with Crippen LogP contribution in [0.4, 0.5) is 26.3 Å². The molecule has 198 valence electrons. The number of hydrogen-bond acceptors (Lipinski definition) is 3. The van der Waals surface area contributed by atoms with E-state index in [-0.39, 0.29) is 30.8 Å². The highest BCUT2D eigenvalue weighted by molar-refractivity contribution is 5.46. The molecule has 0 aromatic heterocycles. The molecule has 0 aliphatic rings. The second kappa shape index (κ2) is 12.2. The van der Waals surface area contributed by atoms with Crippen molar-refractivity contribution in [2.24, 2.45) is 0 Å². The van der Waals surface area contributed by atoms with Crippen molar-refractivity contribution in [1.82, 2.24) is 10.2 Å². The fourth-order valence-corrected chi connectivity index (χ4v) is 3.96. The van der Waals surface area contributed by atoms with Gasteiger partial charge in [-0.05, 0) is 34.9 Å². The first kappa shape index (κ1) is 28.2. The van der Waals surface area contributed by atoms with Crippen molar-refractivity contribution in [2.75, 3.05) is 20.3 Å². The van der Waals surface area contributed by atoms with E-state index in [1.54, 1.807) is 7.05 Å². The number of rotatable bonds is 11. The second-order valence-electron chi connectivity index (χ2n) is 8.56. The molecule has 10 heteroatoms. The van der Waals surface area contributed by atoms with Gasteiger partial charge in [0.25, 0.3) is 0 Å². The number of carbonyl (C=O) groups is 1. The smallest absolute Gasteiger partial charge is 0.375 e. The largest absolute Gasteiger partial charge is 0.416 e. The molecule has 1 atom stereocenters. The van der Waals surface area contributed by atoms with Gasteiger partial charge >= 0.3 is 12.4 Å². The van der Waals surface area contributed by atoms with Crippen molar-refractivity contribution >= 4 is 6.41 Å². The van der Waals surface area contributed by atoms with Crippen LogP contribution >= 0.6 is 0 Å². The number of amides is 1. The van der Waals surface area contributed by atoms with Crippen molar-refractivity contribution in [2.45, 2.75) is 30.9 Å². The molecule has 0 spiro atoms. The lowest BCUT2D eigenvalue weighted by atomic mass is 9.85. The first-order valence-corrected chi connectivity index (χ1v) is 11.3. The van der Waals surface area contributed by atoms with Crippen LogP contribution in [-0.2, 0) is 28.5 Å². The minimum Gasteiger partial charge on any atom is -0.375 e. The summed E-state index contributed by atoms with van der Waals surface area (Å²) in [5.74, 6) is -0.283. The number of nitrogens with one attached hydrogen (secondary N) is 1. The fourth-order valence-electron chi connectivity index (χ4n) is 3.96. The van der Waals surface area contributed by atoms with Gasteiger partial charge in [0.2, 0.25) is 6.41 Å². The number of nitrogens with zero attached hydrogens (tertiary/aromatic N) is 1. The zero-order chi connectivity index (χ0) is 27.1. The minimum atomic E-state index is -4.94. The van der Waals surface area contributed by atoms with Crippen molar-refractivity contribution < 1.29 is 35.9 Å². The SMILES string of the molecule is CN(C=O)CNC(COCc1cc(C(F)(F)F)cc(C(F)(F)F)c1)C(c1ccccc1)c1ccccc1. The Morgan fingerprint density at radius 2 is 1.32 bits per heavy atom. The van der Waals surface area contributed by atoms with E-state index < -0.39 is 36.1 Å². The van der Waals surface area contributed by atoms with Crippen LogP contribution in [0.3, 0.4) is 0 Å². The third kappa shape index (κ3) is 8.06. The lowest BCUT2D eigenvalue weighted by Crippen LogP contribution is -2.44. The summed E-state index contributed by atoms with van der Waals surface area (Å²) in [6.45, 7) is -0.376. The van der Waals surface area contributed by atoms with Crippen LogP contribution in [0.2, 0.25) is 0 Å². The molecule has 0 fully saturated rings. The molecule has 0 saturated carbocycles. The first-order chi connectivity index (χ1) is 17.5. The molecular formula is C27H26F6N2O2. The summed E-state index contributed by atoms with van der Waals surface area (Å²) in [4.78, 5) is 12.5. The summed E-state index contributed by atoms with van der Waals surface area (Å²) in [5.41, 5.74) is -1.20. The monoisotopic (exact) mass is 524 g/mol. The van der Waals surface area contributed by atoms with Crippen molar-refractivity contribution in [3.05, 3.63) is 107 Å². The van der Waals surface area contributed by atoms with Crippen molar-refractivity contribution in [3.8, 4) is 0 Å². The van der Waals surface area contributed by atoms with E-state index in [1.807, 2.05) is 60.7 Å². The predicted molar refractivity (Wildman–Crippen MR) is 126 cm³/mol. The lowest BCUT2D eigenvalue weighted by molar-refractivity contribution is -0.143. The van der Waals surface area contributed by atoms with Crippen LogP contribution in [0.5, 0.6) is 0 Å². The molecular weight excluding hydrogens is 498 g/mol. The van der Waals surface area contributed by atoms with Crippen molar-refractivity contribution in [1.29, 1.82) is 0 Å². The Bertz CT molecular complexity index is 1070. The molecule has 0 bridgehead atoms. The topological polar surface area (TPSA) is 41.6 Å². The number of hydrogen-bond donors (Lipinski definition) is 1. The summed E-state index contributed by atoms with van der Waals surface area (Å²) < 4.78 is 85.1. The maximum absolute atomic E-state index is 13.2. The van der Waals surface area contributed by atoms with Crippen LogP contribution in [0.1, 0.15) is 33.7 Å². The van der Waals surface area contributed by atoms with Crippen LogP contribution in [0.25, 0.3) is 0 Å². The van der Waals surface area contributed by atoms with Crippen LogP contribution in [-0.4, -0.2) is 37.7 Å². The molecule has 3 rings (SSSR count). The third-order valence-corrected chi connectivity index (χ3v) is 5.72. The summed E-state index contributed by atoms with van der Waals surface area (Å²) >= 11 is 0. The summed E-state index contributed by atoms with van der Waals surface area (Å²) in [7, 11) is 1.57. The van der Waals surface area contributed by atoms with E-state index in [1.165, 1.54) is 4.90 Å². The van der Waals surface area contributed by atoms with Gasteiger partial charge in [0.05, 0.1) is 31.0 Å². The molecule has 0 aliphatic heterocycles. The van der Waals surface area contributed by atoms with Crippen LogP contribution in [0, 0.1) is 0 Å². The molecule has 0 radical (unpaired) electrons. The molecule has 0 aliphatic carbocycles.